The van der Waals surface area contributed by atoms with Crippen LogP contribution in [-0.2, 0) is 4.79 Å². The minimum absolute atomic E-state index is 0.202. The first-order valence-electron chi connectivity index (χ1n) is 6.91. The molecule has 0 aromatic rings. The molecule has 2 aliphatic rings. The molecule has 0 heterocycles. The molecule has 2 rings (SSSR count). The van der Waals surface area contributed by atoms with Gasteiger partial charge in [0.15, 0.2) is 0 Å². The molecular formula is C13H22N2O3. The van der Waals surface area contributed by atoms with Gasteiger partial charge < -0.3 is 15.3 Å². The molecule has 0 unspecified atom stereocenters. The van der Waals surface area contributed by atoms with Crippen molar-refractivity contribution in [3.8, 4) is 0 Å². The van der Waals surface area contributed by atoms with E-state index in [0.29, 0.717) is 25.4 Å². The van der Waals surface area contributed by atoms with Crippen LogP contribution >= 0.6 is 0 Å². The zero-order chi connectivity index (χ0) is 13.2. The maximum absolute atomic E-state index is 12.2. The van der Waals surface area contributed by atoms with E-state index in [1.807, 2.05) is 6.92 Å². The molecule has 0 saturated heterocycles. The minimum Gasteiger partial charge on any atom is -0.480 e. The van der Waals surface area contributed by atoms with Gasteiger partial charge in [0.05, 0.1) is 0 Å². The highest BCUT2D eigenvalue weighted by Gasteiger charge is 2.46. The quantitative estimate of drug-likeness (QED) is 0.805. The van der Waals surface area contributed by atoms with E-state index >= 15 is 0 Å². The molecule has 0 atom stereocenters. The topological polar surface area (TPSA) is 69.6 Å². The highest BCUT2D eigenvalue weighted by molar-refractivity contribution is 5.87. The van der Waals surface area contributed by atoms with Crippen molar-refractivity contribution in [1.29, 1.82) is 0 Å². The number of rotatable bonds is 4. The monoisotopic (exact) mass is 254 g/mol. The SMILES string of the molecule is CCN(C(=O)NC1(C(=O)O)CCC1)C1CCCC1. The highest BCUT2D eigenvalue weighted by atomic mass is 16.4. The third-order valence-electron chi connectivity index (χ3n) is 4.33. The Balaban J connectivity index is 1.98. The van der Waals surface area contributed by atoms with E-state index in [0.717, 1.165) is 19.3 Å². The van der Waals surface area contributed by atoms with Gasteiger partial charge >= 0.3 is 12.0 Å². The van der Waals surface area contributed by atoms with Crippen molar-refractivity contribution in [3.63, 3.8) is 0 Å². The molecule has 0 aliphatic heterocycles. The molecule has 0 spiro atoms. The van der Waals surface area contributed by atoms with Gasteiger partial charge in [-0.1, -0.05) is 12.8 Å². The summed E-state index contributed by atoms with van der Waals surface area (Å²) >= 11 is 0. The fourth-order valence-corrected chi connectivity index (χ4v) is 2.98. The molecule has 2 saturated carbocycles. The van der Waals surface area contributed by atoms with E-state index in [1.165, 1.54) is 12.8 Å². The molecule has 5 nitrogen and oxygen atoms in total. The number of carbonyl (C=O) groups excluding carboxylic acids is 1. The van der Waals surface area contributed by atoms with Crippen molar-refractivity contribution < 1.29 is 14.7 Å². The van der Waals surface area contributed by atoms with Crippen molar-refractivity contribution in [2.24, 2.45) is 0 Å². The summed E-state index contributed by atoms with van der Waals surface area (Å²) < 4.78 is 0. The summed E-state index contributed by atoms with van der Waals surface area (Å²) in [5, 5.41) is 12.0. The first-order valence-corrected chi connectivity index (χ1v) is 6.91. The van der Waals surface area contributed by atoms with Crippen molar-refractivity contribution in [1.82, 2.24) is 10.2 Å². The Morgan fingerprint density at radius 2 is 1.89 bits per heavy atom. The number of urea groups is 1. The van der Waals surface area contributed by atoms with E-state index in [9.17, 15) is 14.7 Å². The molecule has 18 heavy (non-hydrogen) atoms. The van der Waals surface area contributed by atoms with Crippen molar-refractivity contribution in [3.05, 3.63) is 0 Å². The van der Waals surface area contributed by atoms with E-state index in [4.69, 9.17) is 0 Å². The van der Waals surface area contributed by atoms with E-state index < -0.39 is 11.5 Å². The summed E-state index contributed by atoms with van der Waals surface area (Å²) in [4.78, 5) is 25.3. The Morgan fingerprint density at radius 1 is 1.28 bits per heavy atom. The first kappa shape index (κ1) is 13.2. The normalized spacial score (nSPS) is 22.3. The lowest BCUT2D eigenvalue weighted by molar-refractivity contribution is -0.148. The summed E-state index contributed by atoms with van der Waals surface area (Å²) in [6, 6.07) is 0.0902. The van der Waals surface area contributed by atoms with Gasteiger partial charge in [0.2, 0.25) is 0 Å². The third kappa shape index (κ3) is 2.31. The van der Waals surface area contributed by atoms with Gasteiger partial charge in [-0.2, -0.15) is 0 Å². The number of hydrogen-bond donors (Lipinski definition) is 2. The lowest BCUT2D eigenvalue weighted by atomic mass is 9.77. The van der Waals surface area contributed by atoms with Crippen LogP contribution in [0.3, 0.4) is 0 Å². The second-order valence-electron chi connectivity index (χ2n) is 5.40. The number of aliphatic carboxylic acids is 1. The van der Waals surface area contributed by atoms with Crippen LogP contribution in [-0.4, -0.2) is 40.1 Å². The van der Waals surface area contributed by atoms with Crippen LogP contribution < -0.4 is 5.32 Å². The molecule has 2 N–H and O–H groups in total. The lowest BCUT2D eigenvalue weighted by Gasteiger charge is -2.40. The molecule has 2 fully saturated rings. The standard InChI is InChI=1S/C13H22N2O3/c1-2-15(10-6-3-4-7-10)12(18)14-13(11(16)17)8-5-9-13/h10H,2-9H2,1H3,(H,14,18)(H,16,17). The average Bonchev–Trinajstić information content (AvgIpc) is 2.77. The molecule has 2 amide bonds. The van der Waals surface area contributed by atoms with Gasteiger partial charge in [-0.3, -0.25) is 0 Å². The van der Waals surface area contributed by atoms with Crippen LogP contribution in [0.1, 0.15) is 51.9 Å². The zero-order valence-electron chi connectivity index (χ0n) is 10.9. The van der Waals surface area contributed by atoms with Crippen molar-refractivity contribution in [2.75, 3.05) is 6.54 Å². The largest absolute Gasteiger partial charge is 0.480 e. The van der Waals surface area contributed by atoms with Crippen LogP contribution in [0.2, 0.25) is 0 Å². The van der Waals surface area contributed by atoms with Crippen LogP contribution in [0, 0.1) is 0 Å². The Kier molecular flexibility index (Phi) is 3.78. The first-order chi connectivity index (χ1) is 8.59. The molecule has 2 aliphatic carbocycles. The predicted molar refractivity (Wildman–Crippen MR) is 67.4 cm³/mol. The van der Waals surface area contributed by atoms with Gasteiger partial charge in [0, 0.05) is 12.6 Å². The summed E-state index contributed by atoms with van der Waals surface area (Å²) in [6.07, 6.45) is 6.40. The Hall–Kier alpha value is -1.26. The summed E-state index contributed by atoms with van der Waals surface area (Å²) in [5.41, 5.74) is -0.997. The second kappa shape index (κ2) is 5.16. The third-order valence-corrected chi connectivity index (χ3v) is 4.33. The van der Waals surface area contributed by atoms with E-state index in [-0.39, 0.29) is 6.03 Å². The molecule has 0 aromatic carbocycles. The van der Waals surface area contributed by atoms with E-state index in [1.54, 1.807) is 4.90 Å². The van der Waals surface area contributed by atoms with Gasteiger partial charge in [-0.05, 0) is 39.0 Å². The fraction of sp³-hybridized carbons (Fsp3) is 0.846. The average molecular weight is 254 g/mol. The Bertz CT molecular complexity index is 333. The number of carboxylic acid groups (broad SMARTS) is 1. The second-order valence-corrected chi connectivity index (χ2v) is 5.40. The van der Waals surface area contributed by atoms with Crippen molar-refractivity contribution in [2.45, 2.75) is 63.5 Å². The van der Waals surface area contributed by atoms with Crippen LogP contribution in [0.4, 0.5) is 4.79 Å². The number of carboxylic acids is 1. The molecule has 102 valence electrons. The molecule has 5 heteroatoms. The number of nitrogens with zero attached hydrogens (tertiary/aromatic N) is 1. The van der Waals surface area contributed by atoms with Gasteiger partial charge in [-0.15, -0.1) is 0 Å². The lowest BCUT2D eigenvalue weighted by Crippen LogP contribution is -2.62. The highest BCUT2D eigenvalue weighted by Crippen LogP contribution is 2.33. The smallest absolute Gasteiger partial charge is 0.329 e. The van der Waals surface area contributed by atoms with Crippen LogP contribution in [0.15, 0.2) is 0 Å². The van der Waals surface area contributed by atoms with Crippen LogP contribution in [0.25, 0.3) is 0 Å². The van der Waals surface area contributed by atoms with Crippen molar-refractivity contribution >= 4 is 12.0 Å². The van der Waals surface area contributed by atoms with E-state index in [2.05, 4.69) is 5.32 Å². The van der Waals surface area contributed by atoms with Crippen LogP contribution in [0.5, 0.6) is 0 Å². The molecule has 0 bridgehead atoms. The number of hydrogen-bond acceptors (Lipinski definition) is 2. The maximum atomic E-state index is 12.2. The fourth-order valence-electron chi connectivity index (χ4n) is 2.98. The summed E-state index contributed by atoms with van der Waals surface area (Å²) in [5.74, 6) is -0.899. The predicted octanol–water partition coefficient (Wildman–Crippen LogP) is 1.97. The molecular weight excluding hydrogens is 232 g/mol. The number of nitrogens with one attached hydrogen (secondary N) is 1. The summed E-state index contributed by atoms with van der Waals surface area (Å²) in [7, 11) is 0. The number of amides is 2. The summed E-state index contributed by atoms with van der Waals surface area (Å²) in [6.45, 7) is 2.60. The molecule has 0 radical (unpaired) electrons. The van der Waals surface area contributed by atoms with Gasteiger partial charge in [0.25, 0.3) is 0 Å². The maximum Gasteiger partial charge on any atom is 0.329 e. The Labute approximate surface area is 108 Å². The minimum atomic E-state index is -0.997. The van der Waals surface area contributed by atoms with Gasteiger partial charge in [0.1, 0.15) is 5.54 Å². The zero-order valence-corrected chi connectivity index (χ0v) is 10.9. The number of carbonyl (C=O) groups is 2. The molecule has 0 aromatic heterocycles. The van der Waals surface area contributed by atoms with Gasteiger partial charge in [-0.25, -0.2) is 9.59 Å². The Morgan fingerprint density at radius 3 is 2.28 bits per heavy atom.